The van der Waals surface area contributed by atoms with Gasteiger partial charge in [-0.1, -0.05) is 24.3 Å². The van der Waals surface area contributed by atoms with Crippen molar-refractivity contribution in [1.29, 1.82) is 0 Å². The Labute approximate surface area is 196 Å². The molecule has 1 aromatic heterocycles. The van der Waals surface area contributed by atoms with Crippen molar-refractivity contribution in [3.05, 3.63) is 84.1 Å². The number of hydrogen-bond acceptors (Lipinski definition) is 8. The summed E-state index contributed by atoms with van der Waals surface area (Å²) in [7, 11) is 0. The van der Waals surface area contributed by atoms with E-state index in [-0.39, 0.29) is 5.56 Å². The van der Waals surface area contributed by atoms with Crippen LogP contribution in [0.25, 0.3) is 11.0 Å². The van der Waals surface area contributed by atoms with Crippen LogP contribution < -0.4 is 9.47 Å². The zero-order chi connectivity index (χ0) is 24.3. The third-order valence-electron chi connectivity index (χ3n) is 5.70. The van der Waals surface area contributed by atoms with Gasteiger partial charge in [0.1, 0.15) is 17.2 Å². The summed E-state index contributed by atoms with van der Waals surface area (Å²) in [6.45, 7) is 1.92. The Kier molecular flexibility index (Phi) is 4.41. The third kappa shape index (κ3) is 3.84. The van der Waals surface area contributed by atoms with Crippen LogP contribution in [0.4, 0.5) is 13.2 Å². The first kappa shape index (κ1) is 21.1. The van der Waals surface area contributed by atoms with Gasteiger partial charge in [-0.25, -0.2) is 9.97 Å². The quantitative estimate of drug-likeness (QED) is 0.298. The molecule has 11 heteroatoms. The van der Waals surface area contributed by atoms with Crippen LogP contribution in [0, 0.1) is 0 Å². The molecule has 174 valence electrons. The van der Waals surface area contributed by atoms with E-state index >= 15 is 0 Å². The van der Waals surface area contributed by atoms with Crippen molar-refractivity contribution < 1.29 is 22.6 Å². The minimum absolute atomic E-state index is 0.0634. The first-order valence-corrected chi connectivity index (χ1v) is 10.5. The van der Waals surface area contributed by atoms with Crippen molar-refractivity contribution >= 4 is 11.0 Å². The summed E-state index contributed by atoms with van der Waals surface area (Å²) in [6, 6.07) is 18.0. The number of rotatable bonds is 6. The Morgan fingerprint density at radius 3 is 1.89 bits per heavy atom. The van der Waals surface area contributed by atoms with Crippen molar-refractivity contribution in [2.24, 2.45) is 20.5 Å². The van der Waals surface area contributed by atoms with E-state index in [2.05, 4.69) is 30.4 Å². The molecule has 3 aromatic carbocycles. The van der Waals surface area contributed by atoms with Crippen molar-refractivity contribution in [3.8, 4) is 23.1 Å². The topological polar surface area (TPSA) is 93.7 Å². The molecule has 0 aliphatic carbocycles. The van der Waals surface area contributed by atoms with Gasteiger partial charge >= 0.3 is 11.8 Å². The van der Waals surface area contributed by atoms with E-state index < -0.39 is 17.5 Å². The lowest BCUT2D eigenvalue weighted by molar-refractivity contribution is -0.166. The van der Waals surface area contributed by atoms with Gasteiger partial charge in [-0.2, -0.15) is 23.4 Å². The number of nitrogens with zero attached hydrogens (tertiary/aromatic N) is 6. The van der Waals surface area contributed by atoms with Crippen LogP contribution in [-0.2, 0) is 11.3 Å². The first-order chi connectivity index (χ1) is 16.7. The molecule has 4 aromatic rings. The van der Waals surface area contributed by atoms with Gasteiger partial charge in [-0.05, 0) is 43.3 Å². The second-order valence-corrected chi connectivity index (χ2v) is 8.20. The van der Waals surface area contributed by atoms with E-state index in [1.807, 2.05) is 31.2 Å². The van der Waals surface area contributed by atoms with Crippen LogP contribution in [0.3, 0.4) is 0 Å². The van der Waals surface area contributed by atoms with Gasteiger partial charge in [0.05, 0.1) is 17.2 Å². The number of alkyl halides is 3. The second kappa shape index (κ2) is 7.29. The van der Waals surface area contributed by atoms with Crippen molar-refractivity contribution in [2.45, 2.75) is 24.4 Å². The lowest BCUT2D eigenvalue weighted by Gasteiger charge is -2.15. The minimum Gasteiger partial charge on any atom is -0.457 e. The molecule has 8 nitrogen and oxygen atoms in total. The normalized spacial score (nSPS) is 16.8. The van der Waals surface area contributed by atoms with Crippen molar-refractivity contribution in [3.63, 3.8) is 0 Å². The Bertz CT molecular complexity index is 1490. The predicted octanol–water partition coefficient (Wildman–Crippen LogP) is 7.03. The van der Waals surface area contributed by atoms with Crippen LogP contribution in [-0.4, -0.2) is 16.1 Å². The second-order valence-electron chi connectivity index (χ2n) is 8.20. The minimum atomic E-state index is -4.57. The Balaban J connectivity index is 1.18. The predicted molar refractivity (Wildman–Crippen MR) is 117 cm³/mol. The van der Waals surface area contributed by atoms with E-state index in [0.29, 0.717) is 34.2 Å². The smallest absolute Gasteiger partial charge is 0.442 e. The Morgan fingerprint density at radius 2 is 1.29 bits per heavy atom. The molecule has 0 atom stereocenters. The van der Waals surface area contributed by atoms with Crippen molar-refractivity contribution in [1.82, 2.24) is 9.97 Å². The summed E-state index contributed by atoms with van der Waals surface area (Å²) in [5, 5.41) is 14.4. The molecule has 0 spiro atoms. The number of aromatic nitrogens is 2. The third-order valence-corrected chi connectivity index (χ3v) is 5.70. The summed E-state index contributed by atoms with van der Waals surface area (Å²) in [6.07, 6.45) is -3.05. The van der Waals surface area contributed by atoms with E-state index in [1.165, 1.54) is 30.5 Å². The Morgan fingerprint density at radius 1 is 0.686 bits per heavy atom. The highest BCUT2D eigenvalue weighted by molar-refractivity contribution is 5.76. The van der Waals surface area contributed by atoms with Crippen LogP contribution in [0.15, 0.2) is 93.4 Å². The fraction of sp³-hybridized carbons (Fsp3) is 0.167. The zero-order valence-electron chi connectivity index (χ0n) is 18.1. The number of ether oxygens (including phenoxy) is 2. The highest BCUT2D eigenvalue weighted by Crippen LogP contribution is 2.52. The maximum atomic E-state index is 13.2. The van der Waals surface area contributed by atoms with Gasteiger partial charge < -0.3 is 9.47 Å². The monoisotopic (exact) mass is 476 g/mol. The molecule has 0 amide bonds. The summed E-state index contributed by atoms with van der Waals surface area (Å²) < 4.78 is 51.1. The van der Waals surface area contributed by atoms with E-state index in [1.54, 1.807) is 18.2 Å². The zero-order valence-corrected chi connectivity index (χ0v) is 18.1. The lowest BCUT2D eigenvalue weighted by atomic mass is 10.0. The van der Waals surface area contributed by atoms with Gasteiger partial charge in [0.15, 0.2) is 0 Å². The summed E-state index contributed by atoms with van der Waals surface area (Å²) in [5.41, 5.74) is -0.848. The van der Waals surface area contributed by atoms with Crippen LogP contribution >= 0.6 is 0 Å². The fourth-order valence-corrected chi connectivity index (χ4v) is 3.57. The molecule has 2 aliphatic rings. The molecular formula is C24H15F3N6O2. The Hall–Kier alpha value is -4.41. The number of halogens is 3. The molecule has 3 heterocycles. The van der Waals surface area contributed by atoms with Crippen LogP contribution in [0.1, 0.15) is 18.1 Å². The fourth-order valence-electron chi connectivity index (χ4n) is 3.57. The van der Waals surface area contributed by atoms with E-state index in [9.17, 15) is 13.2 Å². The number of hydrogen-bond donors (Lipinski definition) is 0. The van der Waals surface area contributed by atoms with Gasteiger partial charge in [-0.15, -0.1) is 10.2 Å². The van der Waals surface area contributed by atoms with E-state index in [4.69, 9.17) is 9.47 Å². The maximum absolute atomic E-state index is 13.2. The van der Waals surface area contributed by atoms with Crippen LogP contribution in [0.5, 0.6) is 23.1 Å². The molecule has 0 fully saturated rings. The molecule has 0 bridgehead atoms. The van der Waals surface area contributed by atoms with Gasteiger partial charge in [0.2, 0.25) is 11.5 Å². The summed E-state index contributed by atoms with van der Waals surface area (Å²) in [5.74, 6) is 1.69. The number of fused-ring (bicyclic) bond motifs is 1. The molecule has 0 unspecified atom stereocenters. The molecule has 0 saturated heterocycles. The number of benzene rings is 3. The van der Waals surface area contributed by atoms with Gasteiger partial charge in [0, 0.05) is 17.2 Å². The molecule has 0 N–H and O–H groups in total. The van der Waals surface area contributed by atoms with Crippen molar-refractivity contribution in [2.75, 3.05) is 0 Å². The lowest BCUT2D eigenvalue weighted by Crippen LogP contribution is -2.29. The highest BCUT2D eigenvalue weighted by atomic mass is 19.4. The molecular weight excluding hydrogens is 461 g/mol. The summed E-state index contributed by atoms with van der Waals surface area (Å²) >= 11 is 0. The molecule has 35 heavy (non-hydrogen) atoms. The highest BCUT2D eigenvalue weighted by Gasteiger charge is 2.65. The molecule has 0 saturated carbocycles. The summed E-state index contributed by atoms with van der Waals surface area (Å²) in [4.78, 5) is 8.85. The molecule has 0 radical (unpaired) electrons. The standard InChI is InChI=1S/C24H15F3N6O2/c1-22(30-31-22)14-2-6-17(7-3-14)35-21-13-28-19-11-10-18(12-20(19)29-21)34-16-8-4-15(5-9-16)23(32-33-23)24(25,26)27/h2-13H,1H3. The largest absolute Gasteiger partial charge is 0.457 e. The maximum Gasteiger partial charge on any atom is 0.442 e. The molecule has 2 aliphatic heterocycles. The van der Waals surface area contributed by atoms with Gasteiger partial charge in [-0.3, -0.25) is 0 Å². The van der Waals surface area contributed by atoms with Gasteiger partial charge in [0.25, 0.3) is 0 Å². The SMILES string of the molecule is CC1(c2ccc(Oc3cnc4ccc(Oc5ccc(C6(C(F)(F)F)N=N6)cc5)cc4n3)cc2)N=N1. The first-order valence-electron chi connectivity index (χ1n) is 10.5. The average molecular weight is 476 g/mol. The van der Waals surface area contributed by atoms with E-state index in [0.717, 1.165) is 5.56 Å². The van der Waals surface area contributed by atoms with Crippen LogP contribution in [0.2, 0.25) is 0 Å². The molecule has 6 rings (SSSR count). The average Bonchev–Trinajstić information content (AvgIpc) is 3.76.